The second-order valence-electron chi connectivity index (χ2n) is 4.76. The topological polar surface area (TPSA) is 26.0 Å². The normalized spacial score (nSPS) is 19.1. The van der Waals surface area contributed by atoms with E-state index >= 15 is 0 Å². The van der Waals surface area contributed by atoms with Crippen molar-refractivity contribution in [3.8, 4) is 0 Å². The predicted molar refractivity (Wildman–Crippen MR) is 67.5 cm³/mol. The maximum atomic E-state index is 5.85. The van der Waals surface area contributed by atoms with Crippen LogP contribution in [0.25, 0.3) is 0 Å². The zero-order valence-electron chi connectivity index (χ0n) is 9.59. The minimum atomic E-state index is 0.300. The summed E-state index contributed by atoms with van der Waals surface area (Å²) in [5.41, 5.74) is 7.47. The van der Waals surface area contributed by atoms with Crippen molar-refractivity contribution < 1.29 is 0 Å². The first kappa shape index (κ1) is 11.2. The Morgan fingerprint density at radius 1 is 1.27 bits per heavy atom. The van der Waals surface area contributed by atoms with E-state index in [1.165, 1.54) is 43.4 Å². The average molecular weight is 223 g/mol. The molecule has 0 radical (unpaired) electrons. The van der Waals surface area contributed by atoms with Crippen molar-refractivity contribution in [3.05, 3.63) is 21.4 Å². The van der Waals surface area contributed by atoms with Gasteiger partial charge in [-0.05, 0) is 50.7 Å². The highest BCUT2D eigenvalue weighted by atomic mass is 32.1. The lowest BCUT2D eigenvalue weighted by atomic mass is 9.99. The van der Waals surface area contributed by atoms with Crippen molar-refractivity contribution in [2.24, 2.45) is 5.73 Å². The molecule has 0 spiro atoms. The molecule has 84 valence electrons. The van der Waals surface area contributed by atoms with Crippen molar-refractivity contribution in [1.29, 1.82) is 0 Å². The number of fused-ring (bicyclic) bond motifs is 1. The Morgan fingerprint density at radius 2 is 2.00 bits per heavy atom. The summed E-state index contributed by atoms with van der Waals surface area (Å²) in [6.07, 6.45) is 9.24. The Morgan fingerprint density at radius 3 is 2.73 bits per heavy atom. The Balaban J connectivity index is 2.12. The molecule has 0 saturated carbocycles. The highest BCUT2D eigenvalue weighted by Crippen LogP contribution is 2.28. The standard InChI is InChI=1S/C13H21NS/c1-10(14)8-12-9-11-6-4-2-3-5-7-13(11)15-12/h9-10H,2-8,14H2,1H3. The maximum absolute atomic E-state index is 5.85. The zero-order chi connectivity index (χ0) is 10.7. The van der Waals surface area contributed by atoms with Gasteiger partial charge in [-0.2, -0.15) is 0 Å². The van der Waals surface area contributed by atoms with Crippen LogP contribution in [0.3, 0.4) is 0 Å². The van der Waals surface area contributed by atoms with Crippen LogP contribution in [0.5, 0.6) is 0 Å². The minimum Gasteiger partial charge on any atom is -0.328 e. The Labute approximate surface area is 96.7 Å². The SMILES string of the molecule is CC(N)Cc1cc2c(s1)CCCCCC2. The predicted octanol–water partition coefficient (Wildman–Crippen LogP) is 3.30. The molecule has 2 N–H and O–H groups in total. The summed E-state index contributed by atoms with van der Waals surface area (Å²) < 4.78 is 0. The van der Waals surface area contributed by atoms with Crippen molar-refractivity contribution in [2.75, 3.05) is 0 Å². The summed E-state index contributed by atoms with van der Waals surface area (Å²) in [4.78, 5) is 3.14. The first-order valence-corrected chi connectivity index (χ1v) is 6.93. The molecule has 0 aliphatic heterocycles. The Kier molecular flexibility index (Phi) is 3.81. The summed E-state index contributed by atoms with van der Waals surface area (Å²) in [7, 11) is 0. The molecule has 1 aromatic rings. The lowest BCUT2D eigenvalue weighted by Crippen LogP contribution is -2.16. The molecule has 2 rings (SSSR count). The Hall–Kier alpha value is -0.340. The van der Waals surface area contributed by atoms with Crippen molar-refractivity contribution in [2.45, 2.75) is 57.9 Å². The lowest BCUT2D eigenvalue weighted by molar-refractivity contribution is 0.622. The van der Waals surface area contributed by atoms with Gasteiger partial charge in [-0.3, -0.25) is 0 Å². The van der Waals surface area contributed by atoms with E-state index in [0.717, 1.165) is 6.42 Å². The van der Waals surface area contributed by atoms with Crippen LogP contribution in [0.4, 0.5) is 0 Å². The van der Waals surface area contributed by atoms with E-state index in [0.29, 0.717) is 6.04 Å². The van der Waals surface area contributed by atoms with Crippen LogP contribution < -0.4 is 5.73 Å². The molecular weight excluding hydrogens is 202 g/mol. The fourth-order valence-electron chi connectivity index (χ4n) is 2.32. The van der Waals surface area contributed by atoms with Gasteiger partial charge < -0.3 is 5.73 Å². The van der Waals surface area contributed by atoms with Gasteiger partial charge in [-0.1, -0.05) is 12.8 Å². The van der Waals surface area contributed by atoms with E-state index in [9.17, 15) is 0 Å². The van der Waals surface area contributed by atoms with E-state index < -0.39 is 0 Å². The van der Waals surface area contributed by atoms with Gasteiger partial charge in [0.05, 0.1) is 0 Å². The van der Waals surface area contributed by atoms with Gasteiger partial charge in [0.1, 0.15) is 0 Å². The molecule has 2 heteroatoms. The van der Waals surface area contributed by atoms with Crippen LogP contribution in [0.1, 0.15) is 47.9 Å². The number of nitrogens with two attached hydrogens (primary N) is 1. The van der Waals surface area contributed by atoms with Crippen LogP contribution >= 0.6 is 11.3 Å². The quantitative estimate of drug-likeness (QED) is 0.818. The van der Waals surface area contributed by atoms with E-state index in [4.69, 9.17) is 5.73 Å². The first-order valence-electron chi connectivity index (χ1n) is 6.12. The van der Waals surface area contributed by atoms with Crippen LogP contribution in [0.2, 0.25) is 0 Å². The molecule has 1 aliphatic rings. The van der Waals surface area contributed by atoms with E-state index in [-0.39, 0.29) is 0 Å². The first-order chi connectivity index (χ1) is 7.25. The van der Waals surface area contributed by atoms with Gasteiger partial charge in [0, 0.05) is 15.8 Å². The molecule has 0 amide bonds. The van der Waals surface area contributed by atoms with Gasteiger partial charge in [0.25, 0.3) is 0 Å². The van der Waals surface area contributed by atoms with Gasteiger partial charge in [0.2, 0.25) is 0 Å². The van der Waals surface area contributed by atoms with Crippen molar-refractivity contribution in [1.82, 2.24) is 0 Å². The molecule has 0 aromatic carbocycles. The summed E-state index contributed by atoms with van der Waals surface area (Å²) in [5, 5.41) is 0. The summed E-state index contributed by atoms with van der Waals surface area (Å²) >= 11 is 2.01. The average Bonchev–Trinajstić information content (AvgIpc) is 2.46. The lowest BCUT2D eigenvalue weighted by Gasteiger charge is -2.07. The fourth-order valence-corrected chi connectivity index (χ4v) is 3.73. The second kappa shape index (κ2) is 5.13. The molecule has 0 fully saturated rings. The molecule has 1 heterocycles. The third kappa shape index (κ3) is 3.05. The molecule has 0 saturated heterocycles. The Bertz CT molecular complexity index is 289. The second-order valence-corrected chi connectivity index (χ2v) is 5.98. The number of rotatable bonds is 2. The highest BCUT2D eigenvalue weighted by molar-refractivity contribution is 7.12. The summed E-state index contributed by atoms with van der Waals surface area (Å²) in [6.45, 7) is 2.09. The monoisotopic (exact) mass is 223 g/mol. The van der Waals surface area contributed by atoms with Gasteiger partial charge in [-0.15, -0.1) is 11.3 Å². The summed E-state index contributed by atoms with van der Waals surface area (Å²) in [6, 6.07) is 2.71. The number of hydrogen-bond donors (Lipinski definition) is 1. The van der Waals surface area contributed by atoms with Gasteiger partial charge in [0.15, 0.2) is 0 Å². The molecular formula is C13H21NS. The molecule has 0 bridgehead atoms. The van der Waals surface area contributed by atoms with Crippen molar-refractivity contribution in [3.63, 3.8) is 0 Å². The van der Waals surface area contributed by atoms with Crippen LogP contribution in [-0.2, 0) is 19.3 Å². The van der Waals surface area contributed by atoms with Crippen LogP contribution in [-0.4, -0.2) is 6.04 Å². The molecule has 1 nitrogen and oxygen atoms in total. The molecule has 15 heavy (non-hydrogen) atoms. The van der Waals surface area contributed by atoms with E-state index in [1.54, 1.807) is 10.4 Å². The molecule has 1 aromatic heterocycles. The minimum absolute atomic E-state index is 0.300. The third-order valence-corrected chi connectivity index (χ3v) is 4.33. The maximum Gasteiger partial charge on any atom is 0.00801 e. The number of aryl methyl sites for hydroxylation is 2. The fraction of sp³-hybridized carbons (Fsp3) is 0.692. The van der Waals surface area contributed by atoms with E-state index in [2.05, 4.69) is 13.0 Å². The van der Waals surface area contributed by atoms with Gasteiger partial charge in [-0.25, -0.2) is 0 Å². The van der Waals surface area contributed by atoms with Crippen LogP contribution in [0, 0.1) is 0 Å². The van der Waals surface area contributed by atoms with Gasteiger partial charge >= 0.3 is 0 Å². The molecule has 1 aliphatic carbocycles. The van der Waals surface area contributed by atoms with Crippen molar-refractivity contribution >= 4 is 11.3 Å². The third-order valence-electron chi connectivity index (χ3n) is 3.07. The highest BCUT2D eigenvalue weighted by Gasteiger charge is 2.11. The zero-order valence-corrected chi connectivity index (χ0v) is 10.4. The summed E-state index contributed by atoms with van der Waals surface area (Å²) in [5.74, 6) is 0. The molecule has 1 atom stereocenters. The molecule has 1 unspecified atom stereocenters. The van der Waals surface area contributed by atoms with Crippen LogP contribution in [0.15, 0.2) is 6.07 Å². The number of thiophene rings is 1. The van der Waals surface area contributed by atoms with E-state index in [1.807, 2.05) is 11.3 Å². The smallest absolute Gasteiger partial charge is 0.00801 e. The largest absolute Gasteiger partial charge is 0.328 e. The number of hydrogen-bond acceptors (Lipinski definition) is 2.